The largest absolute Gasteiger partial charge is 0.327 e. The Kier molecular flexibility index (Phi) is 4.52. The molecular formula is C15H23NS. The highest BCUT2D eigenvalue weighted by Gasteiger charge is 2.27. The summed E-state index contributed by atoms with van der Waals surface area (Å²) >= 11 is 1.98. The summed E-state index contributed by atoms with van der Waals surface area (Å²) in [5.74, 6) is 0.886. The van der Waals surface area contributed by atoms with Crippen molar-refractivity contribution in [1.82, 2.24) is 0 Å². The van der Waals surface area contributed by atoms with Crippen LogP contribution in [0.15, 0.2) is 29.2 Å². The molecular weight excluding hydrogens is 226 g/mol. The lowest BCUT2D eigenvalue weighted by Gasteiger charge is -2.33. The van der Waals surface area contributed by atoms with Crippen molar-refractivity contribution in [2.75, 3.05) is 0 Å². The van der Waals surface area contributed by atoms with Crippen molar-refractivity contribution in [1.29, 1.82) is 0 Å². The second-order valence-electron chi connectivity index (χ2n) is 5.22. The molecule has 0 heterocycles. The molecule has 0 saturated heterocycles. The van der Waals surface area contributed by atoms with E-state index >= 15 is 0 Å². The Morgan fingerprint density at radius 1 is 1.35 bits per heavy atom. The zero-order valence-electron chi connectivity index (χ0n) is 10.9. The number of thioether (sulfide) groups is 1. The number of rotatable bonds is 3. The van der Waals surface area contributed by atoms with Gasteiger partial charge in [0.25, 0.3) is 0 Å². The van der Waals surface area contributed by atoms with Gasteiger partial charge in [-0.15, -0.1) is 11.8 Å². The van der Waals surface area contributed by atoms with Crippen LogP contribution in [0.4, 0.5) is 0 Å². The molecule has 3 atom stereocenters. The normalized spacial score (nSPS) is 29.2. The Bertz CT molecular complexity index is 364. The molecule has 2 heteroatoms. The predicted molar refractivity (Wildman–Crippen MR) is 76.4 cm³/mol. The van der Waals surface area contributed by atoms with Crippen molar-refractivity contribution in [2.24, 2.45) is 11.7 Å². The van der Waals surface area contributed by atoms with Crippen LogP contribution in [0.3, 0.4) is 0 Å². The molecule has 0 aliphatic heterocycles. The first-order chi connectivity index (χ1) is 8.19. The van der Waals surface area contributed by atoms with Gasteiger partial charge in [-0.25, -0.2) is 0 Å². The summed E-state index contributed by atoms with van der Waals surface area (Å²) in [6.07, 6.45) is 5.11. The summed E-state index contributed by atoms with van der Waals surface area (Å²) in [6.45, 7) is 4.45. The molecule has 2 N–H and O–H groups in total. The number of hydrogen-bond donors (Lipinski definition) is 1. The van der Waals surface area contributed by atoms with E-state index in [9.17, 15) is 0 Å². The van der Waals surface area contributed by atoms with E-state index in [2.05, 4.69) is 38.1 Å². The van der Waals surface area contributed by atoms with Gasteiger partial charge in [0, 0.05) is 16.2 Å². The van der Waals surface area contributed by atoms with Gasteiger partial charge in [0.1, 0.15) is 0 Å². The molecule has 1 aliphatic rings. The minimum absolute atomic E-state index is 0.378. The average Bonchev–Trinajstić information content (AvgIpc) is 2.32. The van der Waals surface area contributed by atoms with Gasteiger partial charge in [0.15, 0.2) is 0 Å². The third-order valence-electron chi connectivity index (χ3n) is 3.81. The molecule has 0 radical (unpaired) electrons. The Morgan fingerprint density at radius 2 is 2.18 bits per heavy atom. The highest BCUT2D eigenvalue weighted by Crippen LogP contribution is 2.36. The SMILES string of the molecule is CCC1CCC(N)C(Sc2cccc(C)c2)C1. The fourth-order valence-corrected chi connectivity index (χ4v) is 4.04. The zero-order valence-corrected chi connectivity index (χ0v) is 11.7. The monoisotopic (exact) mass is 249 g/mol. The number of nitrogens with two attached hydrogens (primary N) is 1. The third-order valence-corrected chi connectivity index (χ3v) is 5.18. The summed E-state index contributed by atoms with van der Waals surface area (Å²) in [5, 5.41) is 0.607. The Balaban J connectivity index is 2.01. The maximum Gasteiger partial charge on any atom is 0.0248 e. The fraction of sp³-hybridized carbons (Fsp3) is 0.600. The van der Waals surface area contributed by atoms with Gasteiger partial charge in [-0.05, 0) is 44.2 Å². The lowest BCUT2D eigenvalue weighted by molar-refractivity contribution is 0.327. The predicted octanol–water partition coefficient (Wildman–Crippen LogP) is 3.99. The highest BCUT2D eigenvalue weighted by molar-refractivity contribution is 8.00. The van der Waals surface area contributed by atoms with Crippen molar-refractivity contribution >= 4 is 11.8 Å². The Morgan fingerprint density at radius 3 is 2.88 bits per heavy atom. The summed E-state index contributed by atoms with van der Waals surface area (Å²) < 4.78 is 0. The topological polar surface area (TPSA) is 26.0 Å². The van der Waals surface area contributed by atoms with Gasteiger partial charge in [-0.1, -0.05) is 31.0 Å². The van der Waals surface area contributed by atoms with Crippen LogP contribution in [0.2, 0.25) is 0 Å². The molecule has 1 fully saturated rings. The Labute approximate surface area is 109 Å². The third kappa shape index (κ3) is 3.49. The van der Waals surface area contributed by atoms with Gasteiger partial charge in [0.05, 0.1) is 0 Å². The minimum Gasteiger partial charge on any atom is -0.327 e. The van der Waals surface area contributed by atoms with Crippen LogP contribution in [0.25, 0.3) is 0 Å². The standard InChI is InChI=1S/C15H23NS/c1-3-12-7-8-14(16)15(10-12)17-13-6-4-5-11(2)9-13/h4-6,9,12,14-15H,3,7-8,10,16H2,1-2H3. The second kappa shape index (κ2) is 5.92. The first kappa shape index (κ1) is 13.0. The molecule has 1 nitrogen and oxygen atoms in total. The van der Waals surface area contributed by atoms with Crippen molar-refractivity contribution in [3.63, 3.8) is 0 Å². The molecule has 1 aliphatic carbocycles. The van der Waals surface area contributed by atoms with Crippen molar-refractivity contribution in [2.45, 2.75) is 55.7 Å². The van der Waals surface area contributed by atoms with Crippen LogP contribution in [0.1, 0.15) is 38.2 Å². The summed E-state index contributed by atoms with van der Waals surface area (Å²) in [5.41, 5.74) is 7.60. The average molecular weight is 249 g/mol. The zero-order chi connectivity index (χ0) is 12.3. The van der Waals surface area contributed by atoms with Crippen LogP contribution in [0, 0.1) is 12.8 Å². The molecule has 3 unspecified atom stereocenters. The van der Waals surface area contributed by atoms with Crippen LogP contribution >= 0.6 is 11.8 Å². The molecule has 94 valence electrons. The smallest absolute Gasteiger partial charge is 0.0248 e. The molecule has 1 aromatic carbocycles. The van der Waals surface area contributed by atoms with E-state index in [1.54, 1.807) is 0 Å². The number of aryl methyl sites for hydroxylation is 1. The van der Waals surface area contributed by atoms with E-state index in [0.29, 0.717) is 11.3 Å². The summed E-state index contributed by atoms with van der Waals surface area (Å²) in [7, 11) is 0. The molecule has 1 aromatic rings. The molecule has 0 spiro atoms. The number of hydrogen-bond acceptors (Lipinski definition) is 2. The van der Waals surface area contributed by atoms with Gasteiger partial charge in [-0.2, -0.15) is 0 Å². The quantitative estimate of drug-likeness (QED) is 0.876. The summed E-state index contributed by atoms with van der Waals surface area (Å²) in [4.78, 5) is 1.38. The highest BCUT2D eigenvalue weighted by atomic mass is 32.2. The summed E-state index contributed by atoms with van der Waals surface area (Å²) in [6, 6.07) is 9.15. The Hall–Kier alpha value is -0.470. The van der Waals surface area contributed by atoms with Crippen molar-refractivity contribution in [3.05, 3.63) is 29.8 Å². The van der Waals surface area contributed by atoms with Gasteiger partial charge in [0.2, 0.25) is 0 Å². The van der Waals surface area contributed by atoms with E-state index in [-0.39, 0.29) is 0 Å². The molecule has 1 saturated carbocycles. The molecule has 17 heavy (non-hydrogen) atoms. The van der Waals surface area contributed by atoms with E-state index in [1.165, 1.54) is 36.1 Å². The first-order valence-corrected chi connectivity index (χ1v) is 7.56. The van der Waals surface area contributed by atoms with Gasteiger partial charge in [-0.3, -0.25) is 0 Å². The lowest BCUT2D eigenvalue weighted by atomic mass is 9.84. The van der Waals surface area contributed by atoms with E-state index < -0.39 is 0 Å². The van der Waals surface area contributed by atoms with Crippen molar-refractivity contribution in [3.8, 4) is 0 Å². The maximum atomic E-state index is 6.26. The number of benzene rings is 1. The maximum absolute atomic E-state index is 6.26. The van der Waals surface area contributed by atoms with Crippen molar-refractivity contribution < 1.29 is 0 Å². The van der Waals surface area contributed by atoms with Crippen LogP contribution in [0.5, 0.6) is 0 Å². The molecule has 0 bridgehead atoms. The van der Waals surface area contributed by atoms with Crippen LogP contribution in [-0.4, -0.2) is 11.3 Å². The van der Waals surface area contributed by atoms with Crippen LogP contribution < -0.4 is 5.73 Å². The molecule has 0 amide bonds. The van der Waals surface area contributed by atoms with Gasteiger partial charge < -0.3 is 5.73 Å². The first-order valence-electron chi connectivity index (χ1n) is 6.68. The fourth-order valence-electron chi connectivity index (χ4n) is 2.60. The van der Waals surface area contributed by atoms with E-state index in [4.69, 9.17) is 5.73 Å². The molecule has 0 aromatic heterocycles. The second-order valence-corrected chi connectivity index (χ2v) is 6.54. The van der Waals surface area contributed by atoms with E-state index in [1.807, 2.05) is 11.8 Å². The van der Waals surface area contributed by atoms with Crippen LogP contribution in [-0.2, 0) is 0 Å². The van der Waals surface area contributed by atoms with Gasteiger partial charge >= 0.3 is 0 Å². The van der Waals surface area contributed by atoms with E-state index in [0.717, 1.165) is 5.92 Å². The minimum atomic E-state index is 0.378. The molecule has 2 rings (SSSR count). The lowest BCUT2D eigenvalue weighted by Crippen LogP contribution is -2.38.